The van der Waals surface area contributed by atoms with Crippen LogP contribution in [0.15, 0.2) is 72.9 Å². The summed E-state index contributed by atoms with van der Waals surface area (Å²) in [5.74, 6) is 0.667. The summed E-state index contributed by atoms with van der Waals surface area (Å²) >= 11 is 0. The summed E-state index contributed by atoms with van der Waals surface area (Å²) in [6, 6.07) is 22.7. The normalized spacial score (nSPS) is 15.5. The van der Waals surface area contributed by atoms with Gasteiger partial charge in [0.15, 0.2) is 0 Å². The number of fused-ring (bicyclic) bond motifs is 2. The van der Waals surface area contributed by atoms with E-state index in [0.29, 0.717) is 5.92 Å². The minimum Gasteiger partial charge on any atom is -0.361 e. The molecule has 27 heavy (non-hydrogen) atoms. The zero-order chi connectivity index (χ0) is 18.2. The lowest BCUT2D eigenvalue weighted by molar-refractivity contribution is 0.0713. The number of para-hydroxylation sites is 1. The number of amides is 1. The Kier molecular flexibility index (Phi) is 3.93. The number of aromatic amines is 1. The Hall–Kier alpha value is -3.07. The molecular weight excluding hydrogens is 332 g/mol. The number of aromatic nitrogens is 1. The Labute approximate surface area is 158 Å². The van der Waals surface area contributed by atoms with Crippen molar-refractivity contribution >= 4 is 27.6 Å². The lowest BCUT2D eigenvalue weighted by Gasteiger charge is -2.32. The van der Waals surface area contributed by atoms with Crippen molar-refractivity contribution in [3.63, 3.8) is 0 Å². The van der Waals surface area contributed by atoms with E-state index in [1.165, 1.54) is 21.9 Å². The molecule has 1 aliphatic rings. The van der Waals surface area contributed by atoms with Crippen molar-refractivity contribution in [3.8, 4) is 0 Å². The first kappa shape index (κ1) is 16.1. The fraction of sp³-hybridized carbons (Fsp3) is 0.208. The number of likely N-dealkylation sites (tertiary alicyclic amines) is 1. The summed E-state index contributed by atoms with van der Waals surface area (Å²) in [6.45, 7) is 1.63. The molecule has 0 radical (unpaired) electrons. The number of nitrogens with one attached hydrogen (secondary N) is 1. The highest BCUT2D eigenvalue weighted by atomic mass is 16.2. The summed E-state index contributed by atoms with van der Waals surface area (Å²) in [6.07, 6.45) is 4.18. The second-order valence-electron chi connectivity index (χ2n) is 7.42. The lowest BCUT2D eigenvalue weighted by Crippen LogP contribution is -2.37. The molecule has 1 N–H and O–H groups in total. The topological polar surface area (TPSA) is 36.1 Å². The van der Waals surface area contributed by atoms with E-state index in [1.54, 1.807) is 0 Å². The van der Waals surface area contributed by atoms with E-state index < -0.39 is 0 Å². The second kappa shape index (κ2) is 6.58. The molecule has 1 aromatic heterocycles. The Morgan fingerprint density at radius 2 is 1.63 bits per heavy atom. The molecule has 0 unspecified atom stereocenters. The first-order valence-electron chi connectivity index (χ1n) is 9.64. The number of nitrogens with zero attached hydrogens (tertiary/aromatic N) is 1. The smallest absolute Gasteiger partial charge is 0.253 e. The summed E-state index contributed by atoms with van der Waals surface area (Å²) < 4.78 is 0. The minimum atomic E-state index is 0.151. The Balaban J connectivity index is 1.32. The van der Waals surface area contributed by atoms with E-state index in [1.807, 2.05) is 35.2 Å². The van der Waals surface area contributed by atoms with E-state index in [4.69, 9.17) is 0 Å². The maximum Gasteiger partial charge on any atom is 0.253 e. The number of carbonyl (C=O) groups excluding carboxylic acids is 1. The molecule has 0 atom stereocenters. The molecule has 0 bridgehead atoms. The van der Waals surface area contributed by atoms with Crippen LogP contribution in [0.4, 0.5) is 0 Å². The number of carbonyl (C=O) groups is 1. The number of hydrogen-bond acceptors (Lipinski definition) is 1. The standard InChI is InChI=1S/C24H22N2O/c27-24(20-10-9-17-5-1-2-6-19(17)15-20)26-13-11-18(12-14-26)22-16-25-23-8-4-3-7-21(22)23/h1-10,15-16,18,25H,11-14H2. The molecule has 1 fully saturated rings. The third-order valence-electron chi connectivity index (χ3n) is 5.84. The van der Waals surface area contributed by atoms with Gasteiger partial charge in [0, 0.05) is 35.8 Å². The Morgan fingerprint density at radius 1 is 0.889 bits per heavy atom. The quantitative estimate of drug-likeness (QED) is 0.518. The van der Waals surface area contributed by atoms with Crippen LogP contribution in [0.1, 0.15) is 34.7 Å². The Morgan fingerprint density at radius 3 is 2.48 bits per heavy atom. The molecule has 1 amide bonds. The monoisotopic (exact) mass is 354 g/mol. The molecule has 0 aliphatic carbocycles. The van der Waals surface area contributed by atoms with Crippen molar-refractivity contribution in [1.82, 2.24) is 9.88 Å². The summed E-state index contributed by atoms with van der Waals surface area (Å²) in [5.41, 5.74) is 3.38. The summed E-state index contributed by atoms with van der Waals surface area (Å²) in [4.78, 5) is 18.4. The Bertz CT molecular complexity index is 1120. The molecule has 1 saturated heterocycles. The van der Waals surface area contributed by atoms with Gasteiger partial charge in [-0.05, 0) is 53.3 Å². The van der Waals surface area contributed by atoms with E-state index in [2.05, 4.69) is 47.6 Å². The molecule has 1 aliphatic heterocycles. The predicted octanol–water partition coefficient (Wildman–Crippen LogP) is 5.34. The highest BCUT2D eigenvalue weighted by Crippen LogP contribution is 2.33. The number of benzene rings is 3. The van der Waals surface area contributed by atoms with Crippen molar-refractivity contribution in [2.45, 2.75) is 18.8 Å². The van der Waals surface area contributed by atoms with Crippen molar-refractivity contribution in [3.05, 3.63) is 84.1 Å². The molecule has 0 spiro atoms. The van der Waals surface area contributed by atoms with Crippen LogP contribution in [0.25, 0.3) is 21.7 Å². The van der Waals surface area contributed by atoms with Gasteiger partial charge in [-0.2, -0.15) is 0 Å². The second-order valence-corrected chi connectivity index (χ2v) is 7.42. The van der Waals surface area contributed by atoms with Crippen LogP contribution in [-0.2, 0) is 0 Å². The van der Waals surface area contributed by atoms with E-state index in [9.17, 15) is 4.79 Å². The molecule has 3 aromatic carbocycles. The molecular formula is C24H22N2O. The maximum atomic E-state index is 13.0. The molecule has 4 aromatic rings. The van der Waals surface area contributed by atoms with Gasteiger partial charge in [-0.15, -0.1) is 0 Å². The van der Waals surface area contributed by atoms with Gasteiger partial charge >= 0.3 is 0 Å². The molecule has 3 heteroatoms. The van der Waals surface area contributed by atoms with Crippen molar-refractivity contribution < 1.29 is 4.79 Å². The largest absolute Gasteiger partial charge is 0.361 e. The molecule has 2 heterocycles. The van der Waals surface area contributed by atoms with Crippen molar-refractivity contribution in [2.24, 2.45) is 0 Å². The third kappa shape index (κ3) is 2.89. The van der Waals surface area contributed by atoms with Gasteiger partial charge < -0.3 is 9.88 Å². The SMILES string of the molecule is O=C(c1ccc2ccccc2c1)N1CCC(c2c[nH]c3ccccc23)CC1. The minimum absolute atomic E-state index is 0.151. The van der Waals surface area contributed by atoms with E-state index in [-0.39, 0.29) is 5.91 Å². The first-order valence-corrected chi connectivity index (χ1v) is 9.64. The summed E-state index contributed by atoms with van der Waals surface area (Å²) in [7, 11) is 0. The third-order valence-corrected chi connectivity index (χ3v) is 5.84. The molecule has 134 valence electrons. The van der Waals surface area contributed by atoms with Crippen LogP contribution in [0, 0.1) is 0 Å². The zero-order valence-electron chi connectivity index (χ0n) is 15.2. The molecule has 3 nitrogen and oxygen atoms in total. The van der Waals surface area contributed by atoms with Crippen LogP contribution in [0.3, 0.4) is 0 Å². The van der Waals surface area contributed by atoms with Crippen LogP contribution >= 0.6 is 0 Å². The van der Waals surface area contributed by atoms with Gasteiger partial charge in [-0.3, -0.25) is 4.79 Å². The zero-order valence-corrected chi connectivity index (χ0v) is 15.2. The number of hydrogen-bond donors (Lipinski definition) is 1. The van der Waals surface area contributed by atoms with Crippen molar-refractivity contribution in [1.29, 1.82) is 0 Å². The highest BCUT2D eigenvalue weighted by Gasteiger charge is 2.26. The summed E-state index contributed by atoms with van der Waals surface area (Å²) in [5, 5.41) is 3.61. The van der Waals surface area contributed by atoms with Gasteiger partial charge in [-0.25, -0.2) is 0 Å². The fourth-order valence-corrected chi connectivity index (χ4v) is 4.33. The van der Waals surface area contributed by atoms with Gasteiger partial charge in [0.05, 0.1) is 0 Å². The first-order chi connectivity index (χ1) is 13.3. The predicted molar refractivity (Wildman–Crippen MR) is 110 cm³/mol. The molecule has 5 rings (SSSR count). The van der Waals surface area contributed by atoms with Crippen LogP contribution in [0.5, 0.6) is 0 Å². The lowest BCUT2D eigenvalue weighted by atomic mass is 9.89. The molecule has 0 saturated carbocycles. The van der Waals surface area contributed by atoms with Gasteiger partial charge in [-0.1, -0.05) is 48.5 Å². The van der Waals surface area contributed by atoms with E-state index >= 15 is 0 Å². The number of rotatable bonds is 2. The fourth-order valence-electron chi connectivity index (χ4n) is 4.33. The van der Waals surface area contributed by atoms with Gasteiger partial charge in [0.2, 0.25) is 0 Å². The van der Waals surface area contributed by atoms with Crippen LogP contribution in [-0.4, -0.2) is 28.9 Å². The maximum absolute atomic E-state index is 13.0. The number of piperidine rings is 1. The van der Waals surface area contributed by atoms with Gasteiger partial charge in [0.25, 0.3) is 5.91 Å². The number of H-pyrrole nitrogens is 1. The average Bonchev–Trinajstić information content (AvgIpc) is 3.17. The van der Waals surface area contributed by atoms with Crippen LogP contribution < -0.4 is 0 Å². The van der Waals surface area contributed by atoms with E-state index in [0.717, 1.165) is 36.9 Å². The van der Waals surface area contributed by atoms with Crippen molar-refractivity contribution in [2.75, 3.05) is 13.1 Å². The van der Waals surface area contributed by atoms with Crippen LogP contribution in [0.2, 0.25) is 0 Å². The average molecular weight is 354 g/mol. The highest BCUT2D eigenvalue weighted by molar-refractivity contribution is 5.98. The van der Waals surface area contributed by atoms with Gasteiger partial charge in [0.1, 0.15) is 0 Å².